The van der Waals surface area contributed by atoms with Crippen LogP contribution >= 0.6 is 0 Å². The molecule has 6 nitrogen and oxygen atoms in total. The molecule has 6 heteroatoms. The predicted octanol–water partition coefficient (Wildman–Crippen LogP) is 2.39. The molecule has 0 atom stereocenters. The van der Waals surface area contributed by atoms with E-state index in [1.165, 1.54) is 5.56 Å². The lowest BCUT2D eigenvalue weighted by atomic mass is 10.0. The predicted molar refractivity (Wildman–Crippen MR) is 92.7 cm³/mol. The quantitative estimate of drug-likeness (QED) is 0.755. The summed E-state index contributed by atoms with van der Waals surface area (Å²) in [7, 11) is 0. The molecule has 2 aliphatic rings. The molecule has 3 heterocycles. The highest BCUT2D eigenvalue weighted by molar-refractivity contribution is 5.76. The van der Waals surface area contributed by atoms with Crippen LogP contribution in [-0.2, 0) is 4.79 Å². The molecule has 1 fully saturated rings. The van der Waals surface area contributed by atoms with Gasteiger partial charge in [-0.15, -0.1) is 12.3 Å². The Morgan fingerprint density at radius 3 is 2.67 bits per heavy atom. The number of carbonyl (C=O) groups excluding carboxylic acids is 1. The maximum absolute atomic E-state index is 12.4. The number of terminal acetylenes is 1. The van der Waals surface area contributed by atoms with Crippen molar-refractivity contribution in [1.29, 1.82) is 0 Å². The highest BCUT2D eigenvalue weighted by Gasteiger charge is 2.39. The maximum Gasteiger partial charge on any atom is 0.222 e. The van der Waals surface area contributed by atoms with E-state index in [1.807, 2.05) is 17.2 Å². The first kappa shape index (κ1) is 16.4. The van der Waals surface area contributed by atoms with Gasteiger partial charge in [0.05, 0.1) is 0 Å². The molecule has 1 amide bonds. The van der Waals surface area contributed by atoms with Crippen molar-refractivity contribution < 1.29 is 4.79 Å². The molecule has 0 spiro atoms. The van der Waals surface area contributed by atoms with Gasteiger partial charge in [-0.2, -0.15) is 10.2 Å². The van der Waals surface area contributed by atoms with Crippen molar-refractivity contribution >= 4 is 11.7 Å². The summed E-state index contributed by atoms with van der Waals surface area (Å²) in [4.78, 5) is 21.0. The molecule has 1 saturated heterocycles. The number of piperazine rings is 1. The molecule has 24 heavy (non-hydrogen) atoms. The van der Waals surface area contributed by atoms with Gasteiger partial charge in [-0.1, -0.05) is 0 Å². The third kappa shape index (κ3) is 3.91. The van der Waals surface area contributed by atoms with Crippen molar-refractivity contribution in [3.63, 3.8) is 0 Å². The number of aromatic nitrogens is 1. The van der Waals surface area contributed by atoms with Crippen molar-refractivity contribution in [2.75, 3.05) is 31.1 Å². The van der Waals surface area contributed by atoms with Gasteiger partial charge in [0, 0.05) is 58.1 Å². The second-order valence-electron chi connectivity index (χ2n) is 6.45. The second kappa shape index (κ2) is 7.00. The normalized spacial score (nSPS) is 18.3. The molecule has 0 aromatic carbocycles. The molecule has 1 aromatic heterocycles. The molecule has 2 aliphatic heterocycles. The number of nitrogens with zero attached hydrogens (tertiary/aromatic N) is 5. The first-order valence-corrected chi connectivity index (χ1v) is 8.45. The molecule has 0 aliphatic carbocycles. The number of anilines is 1. The summed E-state index contributed by atoms with van der Waals surface area (Å²) in [6, 6.07) is 4.08. The average Bonchev–Trinajstić information content (AvgIpc) is 3.38. The van der Waals surface area contributed by atoms with Gasteiger partial charge < -0.3 is 9.80 Å². The van der Waals surface area contributed by atoms with Crippen molar-refractivity contribution in [2.45, 2.75) is 38.3 Å². The Hall–Kier alpha value is -2.42. The van der Waals surface area contributed by atoms with E-state index in [0.717, 1.165) is 38.4 Å². The molecule has 0 radical (unpaired) electrons. The fourth-order valence-electron chi connectivity index (χ4n) is 3.01. The van der Waals surface area contributed by atoms with E-state index >= 15 is 0 Å². The first-order valence-electron chi connectivity index (χ1n) is 8.45. The van der Waals surface area contributed by atoms with E-state index in [-0.39, 0.29) is 11.6 Å². The van der Waals surface area contributed by atoms with Crippen LogP contribution in [0.25, 0.3) is 0 Å². The lowest BCUT2D eigenvalue weighted by molar-refractivity contribution is -0.131. The van der Waals surface area contributed by atoms with Crippen LogP contribution in [0.4, 0.5) is 5.82 Å². The molecule has 126 valence electrons. The average molecular weight is 325 g/mol. The van der Waals surface area contributed by atoms with Crippen molar-refractivity contribution in [2.24, 2.45) is 10.2 Å². The summed E-state index contributed by atoms with van der Waals surface area (Å²) in [6.45, 7) is 5.17. The van der Waals surface area contributed by atoms with E-state index in [2.05, 4.69) is 39.0 Å². The fraction of sp³-hybridized carbons (Fsp3) is 0.556. The van der Waals surface area contributed by atoms with Crippen molar-refractivity contribution in [3.05, 3.63) is 23.9 Å². The number of pyridine rings is 1. The summed E-state index contributed by atoms with van der Waals surface area (Å²) in [6.07, 6.45) is 9.69. The van der Waals surface area contributed by atoms with Crippen molar-refractivity contribution in [3.8, 4) is 12.3 Å². The standard InChI is InChI=1S/C18H23N5O/c1-3-4-7-18(20-21-18)8-5-17(24)23-12-10-22(11-13-23)16-14-15(2)6-9-19-16/h1,6,9,14H,4-5,7-8,10-13H2,2H3. The zero-order valence-corrected chi connectivity index (χ0v) is 14.1. The van der Waals surface area contributed by atoms with Crippen molar-refractivity contribution in [1.82, 2.24) is 9.88 Å². The molecular weight excluding hydrogens is 302 g/mol. The lowest BCUT2D eigenvalue weighted by Crippen LogP contribution is -2.49. The molecular formula is C18H23N5O. The Morgan fingerprint density at radius 1 is 1.29 bits per heavy atom. The minimum atomic E-state index is -0.366. The Labute approximate surface area is 143 Å². The molecule has 0 unspecified atom stereocenters. The van der Waals surface area contributed by atoms with E-state index in [4.69, 9.17) is 6.42 Å². The van der Waals surface area contributed by atoms with Gasteiger partial charge in [0.1, 0.15) is 5.82 Å². The molecule has 0 bridgehead atoms. The Kier molecular flexibility index (Phi) is 4.79. The van der Waals surface area contributed by atoms with Crippen LogP contribution in [0.15, 0.2) is 28.6 Å². The van der Waals surface area contributed by atoms with Gasteiger partial charge in [0.15, 0.2) is 5.66 Å². The van der Waals surface area contributed by atoms with Crippen LogP contribution in [0.3, 0.4) is 0 Å². The van der Waals surface area contributed by atoms with Gasteiger partial charge in [0.2, 0.25) is 5.91 Å². The van der Waals surface area contributed by atoms with E-state index in [1.54, 1.807) is 0 Å². The van der Waals surface area contributed by atoms with Crippen LogP contribution < -0.4 is 4.90 Å². The maximum atomic E-state index is 12.4. The third-order valence-electron chi connectivity index (χ3n) is 4.65. The number of carbonyl (C=O) groups is 1. The summed E-state index contributed by atoms with van der Waals surface area (Å²) >= 11 is 0. The minimum absolute atomic E-state index is 0.184. The highest BCUT2D eigenvalue weighted by atomic mass is 16.2. The largest absolute Gasteiger partial charge is 0.353 e. The number of amides is 1. The summed E-state index contributed by atoms with van der Waals surface area (Å²) < 4.78 is 0. The monoisotopic (exact) mass is 325 g/mol. The van der Waals surface area contributed by atoms with Crippen LogP contribution in [-0.4, -0.2) is 47.6 Å². The van der Waals surface area contributed by atoms with E-state index in [9.17, 15) is 4.79 Å². The number of hydrogen-bond donors (Lipinski definition) is 0. The minimum Gasteiger partial charge on any atom is -0.353 e. The smallest absolute Gasteiger partial charge is 0.222 e. The fourth-order valence-corrected chi connectivity index (χ4v) is 3.01. The molecule has 0 N–H and O–H groups in total. The summed E-state index contributed by atoms with van der Waals surface area (Å²) in [5.74, 6) is 3.79. The summed E-state index contributed by atoms with van der Waals surface area (Å²) in [5, 5.41) is 8.18. The lowest BCUT2D eigenvalue weighted by Gasteiger charge is -2.35. The molecule has 3 rings (SSSR count). The van der Waals surface area contributed by atoms with Gasteiger partial charge in [-0.05, 0) is 24.6 Å². The summed E-state index contributed by atoms with van der Waals surface area (Å²) in [5.41, 5.74) is 0.836. The molecule has 1 aromatic rings. The zero-order valence-electron chi connectivity index (χ0n) is 14.1. The van der Waals surface area contributed by atoms with Crippen LogP contribution in [0.2, 0.25) is 0 Å². The zero-order chi connectivity index (χ0) is 17.0. The van der Waals surface area contributed by atoms with Gasteiger partial charge >= 0.3 is 0 Å². The SMILES string of the molecule is C#CCCC1(CCC(=O)N2CCN(c3cc(C)ccn3)CC2)N=N1. The van der Waals surface area contributed by atoms with Gasteiger partial charge in [-0.3, -0.25) is 4.79 Å². The first-order chi connectivity index (χ1) is 11.6. The van der Waals surface area contributed by atoms with Crippen LogP contribution in [0, 0.1) is 19.3 Å². The van der Waals surface area contributed by atoms with E-state index in [0.29, 0.717) is 19.3 Å². The number of hydrogen-bond acceptors (Lipinski definition) is 5. The Bertz CT molecular complexity index is 664. The van der Waals surface area contributed by atoms with E-state index < -0.39 is 0 Å². The Balaban J connectivity index is 1.45. The highest BCUT2D eigenvalue weighted by Crippen LogP contribution is 2.37. The van der Waals surface area contributed by atoms with Crippen LogP contribution in [0.1, 0.15) is 31.2 Å². The topological polar surface area (TPSA) is 61.2 Å². The third-order valence-corrected chi connectivity index (χ3v) is 4.65. The second-order valence-corrected chi connectivity index (χ2v) is 6.45. The van der Waals surface area contributed by atoms with Gasteiger partial charge in [-0.25, -0.2) is 4.98 Å². The number of rotatable bonds is 6. The number of aryl methyl sites for hydroxylation is 1. The Morgan fingerprint density at radius 2 is 2.04 bits per heavy atom. The molecule has 0 saturated carbocycles. The van der Waals surface area contributed by atoms with Crippen LogP contribution in [0.5, 0.6) is 0 Å². The van der Waals surface area contributed by atoms with Gasteiger partial charge in [0.25, 0.3) is 0 Å².